The molecular formula is C17H25NO3. The van der Waals surface area contributed by atoms with Crippen LogP contribution >= 0.6 is 0 Å². The molecule has 0 amide bonds. The highest BCUT2D eigenvalue weighted by Crippen LogP contribution is 2.47. The first-order valence-corrected chi connectivity index (χ1v) is 7.25. The molecule has 1 aliphatic heterocycles. The number of carbonyl (C=O) groups excluding carboxylic acids is 1. The Hall–Kier alpha value is -1.55. The number of ether oxygens (including phenoxy) is 2. The fourth-order valence-corrected chi connectivity index (χ4v) is 3.37. The van der Waals surface area contributed by atoms with Crippen molar-refractivity contribution in [1.29, 1.82) is 0 Å². The van der Waals surface area contributed by atoms with E-state index in [-0.39, 0.29) is 5.97 Å². The molecule has 1 N–H and O–H groups in total. The molecule has 1 aliphatic rings. The van der Waals surface area contributed by atoms with Gasteiger partial charge < -0.3 is 14.8 Å². The van der Waals surface area contributed by atoms with Crippen molar-refractivity contribution in [3.05, 3.63) is 29.8 Å². The Morgan fingerprint density at radius 1 is 1.29 bits per heavy atom. The van der Waals surface area contributed by atoms with Crippen LogP contribution in [0.2, 0.25) is 0 Å². The zero-order chi connectivity index (χ0) is 15.9. The second-order valence-electron chi connectivity index (χ2n) is 6.94. The number of aryl methyl sites for hydroxylation is 1. The third-order valence-corrected chi connectivity index (χ3v) is 4.16. The van der Waals surface area contributed by atoms with Crippen molar-refractivity contribution in [2.75, 3.05) is 12.4 Å². The topological polar surface area (TPSA) is 47.6 Å². The number of esters is 1. The summed E-state index contributed by atoms with van der Waals surface area (Å²) in [4.78, 5) is 12.6. The van der Waals surface area contributed by atoms with E-state index in [0.717, 1.165) is 11.3 Å². The van der Waals surface area contributed by atoms with Gasteiger partial charge in [0.2, 0.25) is 0 Å². The van der Waals surface area contributed by atoms with Crippen molar-refractivity contribution < 1.29 is 14.3 Å². The number of benzene rings is 1. The molecule has 0 saturated carbocycles. The van der Waals surface area contributed by atoms with Gasteiger partial charge in [0.1, 0.15) is 0 Å². The number of rotatable bonds is 3. The number of methoxy groups -OCH3 is 1. The normalized spacial score (nSPS) is 26.4. The summed E-state index contributed by atoms with van der Waals surface area (Å²) in [5.41, 5.74) is 0.0618. The summed E-state index contributed by atoms with van der Waals surface area (Å²) in [5.74, 6) is -0.292. The Morgan fingerprint density at radius 3 is 2.43 bits per heavy atom. The van der Waals surface area contributed by atoms with E-state index in [1.807, 2.05) is 58.9 Å². The van der Waals surface area contributed by atoms with Crippen LogP contribution in [-0.2, 0) is 14.3 Å². The molecule has 0 radical (unpaired) electrons. The first kappa shape index (κ1) is 15.8. The molecule has 0 spiro atoms. The van der Waals surface area contributed by atoms with E-state index in [0.29, 0.717) is 6.42 Å². The largest absolute Gasteiger partial charge is 0.467 e. The average Bonchev–Trinajstić information content (AvgIpc) is 2.53. The van der Waals surface area contributed by atoms with Crippen LogP contribution in [-0.4, -0.2) is 29.8 Å². The molecule has 1 unspecified atom stereocenters. The highest BCUT2D eigenvalue weighted by Gasteiger charge is 2.62. The van der Waals surface area contributed by atoms with Crippen LogP contribution in [0.3, 0.4) is 0 Å². The van der Waals surface area contributed by atoms with E-state index in [1.54, 1.807) is 0 Å². The summed E-state index contributed by atoms with van der Waals surface area (Å²) in [5, 5.41) is 3.39. The minimum Gasteiger partial charge on any atom is -0.467 e. The van der Waals surface area contributed by atoms with Crippen molar-refractivity contribution >= 4 is 11.7 Å². The molecule has 1 saturated heterocycles. The van der Waals surface area contributed by atoms with Gasteiger partial charge in [-0.15, -0.1) is 0 Å². The maximum Gasteiger partial charge on any atom is 0.334 e. The molecule has 21 heavy (non-hydrogen) atoms. The summed E-state index contributed by atoms with van der Waals surface area (Å²) < 4.78 is 11.2. The van der Waals surface area contributed by atoms with E-state index in [1.165, 1.54) is 7.11 Å². The number of hydrogen-bond acceptors (Lipinski definition) is 4. The van der Waals surface area contributed by atoms with Crippen molar-refractivity contribution in [2.45, 2.75) is 57.8 Å². The van der Waals surface area contributed by atoms with Crippen LogP contribution in [0.25, 0.3) is 0 Å². The predicted octanol–water partition coefficient (Wildman–Crippen LogP) is 3.30. The molecule has 1 aromatic carbocycles. The van der Waals surface area contributed by atoms with Gasteiger partial charge in [-0.2, -0.15) is 0 Å². The zero-order valence-electron chi connectivity index (χ0n) is 13.7. The van der Waals surface area contributed by atoms with Crippen LogP contribution in [0.4, 0.5) is 5.69 Å². The van der Waals surface area contributed by atoms with Gasteiger partial charge in [0, 0.05) is 12.1 Å². The molecule has 4 heteroatoms. The molecule has 1 heterocycles. The summed E-state index contributed by atoms with van der Waals surface area (Å²) in [6, 6.07) is 7.97. The summed E-state index contributed by atoms with van der Waals surface area (Å²) in [7, 11) is 1.42. The van der Waals surface area contributed by atoms with E-state index in [9.17, 15) is 4.79 Å². The molecule has 4 nitrogen and oxygen atoms in total. The lowest BCUT2D eigenvalue weighted by molar-refractivity contribution is -0.152. The fraction of sp³-hybridized carbons (Fsp3) is 0.588. The van der Waals surface area contributed by atoms with Crippen LogP contribution in [0.5, 0.6) is 0 Å². The average molecular weight is 291 g/mol. The lowest BCUT2D eigenvalue weighted by Gasteiger charge is -2.38. The van der Waals surface area contributed by atoms with Gasteiger partial charge in [-0.3, -0.25) is 0 Å². The Kier molecular flexibility index (Phi) is 3.79. The van der Waals surface area contributed by atoms with E-state index in [2.05, 4.69) is 5.32 Å². The minimum atomic E-state index is -0.904. The van der Waals surface area contributed by atoms with Gasteiger partial charge in [-0.25, -0.2) is 4.79 Å². The number of hydrogen-bond donors (Lipinski definition) is 1. The Balaban J connectivity index is 2.46. The maximum absolute atomic E-state index is 12.6. The Labute approximate surface area is 126 Å². The van der Waals surface area contributed by atoms with Crippen molar-refractivity contribution in [3.63, 3.8) is 0 Å². The third-order valence-electron chi connectivity index (χ3n) is 4.16. The molecule has 116 valence electrons. The molecule has 0 bridgehead atoms. The standard InChI is InChI=1S/C17H25NO3/c1-12-8-7-9-13(10-12)18-17(14(19)20-6)11-15(2,3)21-16(17,4)5/h7-10,18H,11H2,1-6H3. The van der Waals surface area contributed by atoms with Crippen molar-refractivity contribution in [3.8, 4) is 0 Å². The summed E-state index contributed by atoms with van der Waals surface area (Å²) in [6.07, 6.45) is 0.549. The van der Waals surface area contributed by atoms with Crippen molar-refractivity contribution in [2.24, 2.45) is 0 Å². The summed E-state index contributed by atoms with van der Waals surface area (Å²) in [6.45, 7) is 9.88. The smallest absolute Gasteiger partial charge is 0.334 e. The SMILES string of the molecule is COC(=O)C1(Nc2cccc(C)c2)CC(C)(C)OC1(C)C. The number of anilines is 1. The van der Waals surface area contributed by atoms with Gasteiger partial charge >= 0.3 is 5.97 Å². The van der Waals surface area contributed by atoms with Crippen LogP contribution < -0.4 is 5.32 Å². The molecule has 0 aromatic heterocycles. The maximum atomic E-state index is 12.6. The van der Waals surface area contributed by atoms with E-state index in [4.69, 9.17) is 9.47 Å². The first-order chi connectivity index (χ1) is 9.62. The second-order valence-corrected chi connectivity index (χ2v) is 6.94. The van der Waals surface area contributed by atoms with Gasteiger partial charge in [-0.1, -0.05) is 12.1 Å². The fourth-order valence-electron chi connectivity index (χ4n) is 3.37. The minimum absolute atomic E-state index is 0.292. The number of carbonyl (C=O) groups is 1. The molecular weight excluding hydrogens is 266 g/mol. The second kappa shape index (κ2) is 5.02. The predicted molar refractivity (Wildman–Crippen MR) is 83.4 cm³/mol. The van der Waals surface area contributed by atoms with E-state index >= 15 is 0 Å². The Bertz CT molecular complexity index is 551. The van der Waals surface area contributed by atoms with Crippen LogP contribution in [0.15, 0.2) is 24.3 Å². The monoisotopic (exact) mass is 291 g/mol. The lowest BCUT2D eigenvalue weighted by atomic mass is 9.78. The van der Waals surface area contributed by atoms with Gasteiger partial charge in [0.25, 0.3) is 0 Å². The number of nitrogens with one attached hydrogen (secondary N) is 1. The highest BCUT2D eigenvalue weighted by atomic mass is 16.6. The van der Waals surface area contributed by atoms with Crippen LogP contribution in [0.1, 0.15) is 39.7 Å². The molecule has 1 fully saturated rings. The van der Waals surface area contributed by atoms with Crippen LogP contribution in [0, 0.1) is 6.92 Å². The molecule has 0 aliphatic carbocycles. The van der Waals surface area contributed by atoms with Crippen molar-refractivity contribution in [1.82, 2.24) is 0 Å². The third kappa shape index (κ3) is 2.77. The lowest BCUT2D eigenvalue weighted by Crippen LogP contribution is -2.59. The summed E-state index contributed by atoms with van der Waals surface area (Å²) >= 11 is 0. The Morgan fingerprint density at radius 2 is 1.95 bits per heavy atom. The van der Waals surface area contributed by atoms with E-state index < -0.39 is 16.7 Å². The molecule has 1 aromatic rings. The first-order valence-electron chi connectivity index (χ1n) is 7.25. The van der Waals surface area contributed by atoms with Gasteiger partial charge in [-0.05, 0) is 52.3 Å². The molecule has 2 rings (SSSR count). The highest BCUT2D eigenvalue weighted by molar-refractivity contribution is 5.87. The quantitative estimate of drug-likeness (QED) is 0.868. The molecule has 1 atom stereocenters. The van der Waals surface area contributed by atoms with Gasteiger partial charge in [0.05, 0.1) is 18.3 Å². The van der Waals surface area contributed by atoms with Gasteiger partial charge in [0.15, 0.2) is 5.54 Å². The zero-order valence-corrected chi connectivity index (χ0v) is 13.7.